The summed E-state index contributed by atoms with van der Waals surface area (Å²) in [6, 6.07) is 11.7. The number of primary amides is 1. The molecule has 1 aromatic carbocycles. The molecule has 0 saturated heterocycles. The molecule has 2 N–H and O–H groups in total. The van der Waals surface area contributed by atoms with Crippen LogP contribution in [0.4, 0.5) is 4.79 Å². The van der Waals surface area contributed by atoms with Crippen LogP contribution in [0.1, 0.15) is 36.8 Å². The van der Waals surface area contributed by atoms with E-state index in [2.05, 4.69) is 23.4 Å². The maximum absolute atomic E-state index is 11.0. The Morgan fingerprint density at radius 1 is 1.28 bits per heavy atom. The summed E-state index contributed by atoms with van der Waals surface area (Å²) in [6.07, 6.45) is 3.24. The lowest BCUT2D eigenvalue weighted by Gasteiger charge is -2.14. The zero-order valence-corrected chi connectivity index (χ0v) is 17.9. The van der Waals surface area contributed by atoms with Crippen LogP contribution < -0.4 is 5.73 Å². The van der Waals surface area contributed by atoms with Crippen molar-refractivity contribution in [3.05, 3.63) is 70.9 Å². The Bertz CT molecular complexity index is 976. The van der Waals surface area contributed by atoms with Crippen LogP contribution in [0.25, 0.3) is 0 Å². The Balaban J connectivity index is 2.01. The zero-order chi connectivity index (χ0) is 20.8. The summed E-state index contributed by atoms with van der Waals surface area (Å²) in [6.45, 7) is 5.05. The highest BCUT2D eigenvalue weighted by Gasteiger charge is 2.21. The van der Waals surface area contributed by atoms with Gasteiger partial charge in [0.1, 0.15) is 17.5 Å². The average Bonchev–Trinajstić information content (AvgIpc) is 3.00. The Kier molecular flexibility index (Phi) is 7.17. The van der Waals surface area contributed by atoms with Gasteiger partial charge in [0.15, 0.2) is 0 Å². The predicted octanol–water partition coefficient (Wildman–Crippen LogP) is 4.89. The largest absolute Gasteiger partial charge is 0.449 e. The summed E-state index contributed by atoms with van der Waals surface area (Å²) in [5.41, 5.74) is 7.21. The minimum Gasteiger partial charge on any atom is -0.449 e. The Morgan fingerprint density at radius 2 is 2.03 bits per heavy atom. The van der Waals surface area contributed by atoms with Crippen LogP contribution >= 0.6 is 23.4 Å². The average molecular weight is 431 g/mol. The number of ether oxygens (including phenoxy) is 1. The molecule has 0 bridgehead atoms. The maximum atomic E-state index is 11.0. The standard InChI is InChI=1S/C21H23ClN4O2S/c1-14(2)19-20(29-17-5-3-4-16(22)12-17)26(13-15-6-9-24-10-7-15)18(25-19)8-11-28-21(23)27/h3-7,9-10,12,14H,8,11,13H2,1-2H3,(H2,23,27). The number of aromatic nitrogens is 3. The van der Waals surface area contributed by atoms with E-state index in [1.807, 2.05) is 36.4 Å². The fourth-order valence-corrected chi connectivity index (χ4v) is 4.37. The van der Waals surface area contributed by atoms with Crippen LogP contribution in [0.3, 0.4) is 0 Å². The number of benzene rings is 1. The molecule has 2 heterocycles. The van der Waals surface area contributed by atoms with Crippen molar-refractivity contribution in [3.8, 4) is 0 Å². The maximum Gasteiger partial charge on any atom is 0.404 e. The van der Waals surface area contributed by atoms with E-state index in [-0.39, 0.29) is 12.5 Å². The van der Waals surface area contributed by atoms with Crippen molar-refractivity contribution >= 4 is 29.5 Å². The van der Waals surface area contributed by atoms with Gasteiger partial charge in [-0.15, -0.1) is 0 Å². The van der Waals surface area contributed by atoms with E-state index in [1.165, 1.54) is 0 Å². The van der Waals surface area contributed by atoms with Gasteiger partial charge >= 0.3 is 6.09 Å². The smallest absolute Gasteiger partial charge is 0.404 e. The van der Waals surface area contributed by atoms with Crippen LogP contribution in [0.5, 0.6) is 0 Å². The molecule has 0 radical (unpaired) electrons. The SMILES string of the molecule is CC(C)c1nc(CCOC(N)=O)n(Cc2ccncc2)c1Sc1cccc(Cl)c1. The number of nitrogens with two attached hydrogens (primary N) is 1. The Morgan fingerprint density at radius 3 is 2.69 bits per heavy atom. The molecule has 0 fully saturated rings. The van der Waals surface area contributed by atoms with Crippen LogP contribution in [-0.4, -0.2) is 27.2 Å². The van der Waals surface area contributed by atoms with Crippen molar-refractivity contribution in [1.82, 2.24) is 14.5 Å². The number of halogens is 1. The third-order valence-corrected chi connectivity index (χ3v) is 5.59. The molecule has 0 aliphatic carbocycles. The highest BCUT2D eigenvalue weighted by molar-refractivity contribution is 7.99. The molecule has 3 rings (SSSR count). The molecule has 0 saturated carbocycles. The zero-order valence-electron chi connectivity index (χ0n) is 16.3. The molecule has 3 aromatic rings. The molecule has 2 aromatic heterocycles. The molecular formula is C21H23ClN4O2S. The van der Waals surface area contributed by atoms with Crippen LogP contribution in [-0.2, 0) is 17.7 Å². The molecule has 0 aliphatic rings. The van der Waals surface area contributed by atoms with E-state index >= 15 is 0 Å². The van der Waals surface area contributed by atoms with Gasteiger partial charge in [-0.3, -0.25) is 4.98 Å². The van der Waals surface area contributed by atoms with Crippen molar-refractivity contribution in [1.29, 1.82) is 0 Å². The van der Waals surface area contributed by atoms with Crippen LogP contribution in [0, 0.1) is 0 Å². The minimum absolute atomic E-state index is 0.182. The topological polar surface area (TPSA) is 83.0 Å². The quantitative estimate of drug-likeness (QED) is 0.550. The summed E-state index contributed by atoms with van der Waals surface area (Å²) in [5.74, 6) is 1.07. The summed E-state index contributed by atoms with van der Waals surface area (Å²) in [7, 11) is 0. The fraction of sp³-hybridized carbons (Fsp3) is 0.286. The highest BCUT2D eigenvalue weighted by atomic mass is 35.5. The summed E-state index contributed by atoms with van der Waals surface area (Å²) >= 11 is 7.81. The predicted molar refractivity (Wildman–Crippen MR) is 114 cm³/mol. The molecule has 0 spiro atoms. The van der Waals surface area contributed by atoms with Crippen molar-refractivity contribution < 1.29 is 9.53 Å². The first-order chi connectivity index (χ1) is 13.9. The van der Waals surface area contributed by atoms with E-state index in [0.717, 1.165) is 27.0 Å². The molecule has 8 heteroatoms. The van der Waals surface area contributed by atoms with E-state index in [1.54, 1.807) is 24.2 Å². The number of imidazole rings is 1. The number of rotatable bonds is 8. The Labute approximate surface area is 179 Å². The molecule has 0 aliphatic heterocycles. The van der Waals surface area contributed by atoms with Crippen molar-refractivity contribution in [2.75, 3.05) is 6.61 Å². The number of amides is 1. The van der Waals surface area contributed by atoms with Gasteiger partial charge in [-0.2, -0.15) is 0 Å². The summed E-state index contributed by atoms with van der Waals surface area (Å²) in [5, 5.41) is 1.74. The van der Waals surface area contributed by atoms with Crippen molar-refractivity contribution in [2.45, 2.75) is 42.7 Å². The third-order valence-electron chi connectivity index (χ3n) is 4.24. The first kappa shape index (κ1) is 21.2. The number of hydrogen-bond acceptors (Lipinski definition) is 5. The Hall–Kier alpha value is -2.51. The van der Waals surface area contributed by atoms with Gasteiger partial charge in [0.2, 0.25) is 0 Å². The van der Waals surface area contributed by atoms with Gasteiger partial charge in [-0.05, 0) is 41.8 Å². The first-order valence-corrected chi connectivity index (χ1v) is 10.5. The lowest BCUT2D eigenvalue weighted by molar-refractivity contribution is 0.157. The number of pyridine rings is 1. The monoisotopic (exact) mass is 430 g/mol. The lowest BCUT2D eigenvalue weighted by Crippen LogP contribution is -2.16. The van der Waals surface area contributed by atoms with Crippen LogP contribution in [0.2, 0.25) is 5.02 Å². The number of carbonyl (C=O) groups excluding carboxylic acids is 1. The van der Waals surface area contributed by atoms with E-state index < -0.39 is 6.09 Å². The summed E-state index contributed by atoms with van der Waals surface area (Å²) < 4.78 is 7.11. The molecule has 6 nitrogen and oxygen atoms in total. The third kappa shape index (κ3) is 5.74. The van der Waals surface area contributed by atoms with E-state index in [9.17, 15) is 4.79 Å². The number of hydrogen-bond donors (Lipinski definition) is 1. The number of nitrogens with zero attached hydrogens (tertiary/aromatic N) is 3. The van der Waals surface area contributed by atoms with Crippen molar-refractivity contribution in [3.63, 3.8) is 0 Å². The molecule has 1 amide bonds. The second kappa shape index (κ2) is 9.80. The van der Waals surface area contributed by atoms with Gasteiger partial charge in [0.25, 0.3) is 0 Å². The van der Waals surface area contributed by atoms with Gasteiger partial charge in [0, 0.05) is 35.3 Å². The number of carbonyl (C=O) groups is 1. The highest BCUT2D eigenvalue weighted by Crippen LogP contribution is 2.36. The molecule has 0 unspecified atom stereocenters. The fourth-order valence-electron chi connectivity index (χ4n) is 2.90. The van der Waals surface area contributed by atoms with Gasteiger partial charge in [-0.25, -0.2) is 9.78 Å². The first-order valence-electron chi connectivity index (χ1n) is 9.28. The van der Waals surface area contributed by atoms with Crippen molar-refractivity contribution in [2.24, 2.45) is 5.73 Å². The molecule has 29 heavy (non-hydrogen) atoms. The summed E-state index contributed by atoms with van der Waals surface area (Å²) in [4.78, 5) is 21.0. The lowest BCUT2D eigenvalue weighted by atomic mass is 10.1. The second-order valence-electron chi connectivity index (χ2n) is 6.79. The van der Waals surface area contributed by atoms with Crippen LogP contribution in [0.15, 0.2) is 58.7 Å². The molecule has 152 valence electrons. The second-order valence-corrected chi connectivity index (χ2v) is 8.29. The van der Waals surface area contributed by atoms with Gasteiger partial charge in [-0.1, -0.05) is 43.3 Å². The molecule has 0 atom stereocenters. The minimum atomic E-state index is -0.783. The van der Waals surface area contributed by atoms with E-state index in [4.69, 9.17) is 27.1 Å². The van der Waals surface area contributed by atoms with E-state index in [0.29, 0.717) is 18.0 Å². The van der Waals surface area contributed by atoms with Gasteiger partial charge in [0.05, 0.1) is 5.69 Å². The normalized spacial score (nSPS) is 11.0. The molecular weight excluding hydrogens is 408 g/mol. The van der Waals surface area contributed by atoms with Gasteiger partial charge < -0.3 is 15.0 Å².